The summed E-state index contributed by atoms with van der Waals surface area (Å²) in [5, 5.41) is 23.7. The molecule has 0 saturated carbocycles. The molecule has 38 heavy (non-hydrogen) atoms. The van der Waals surface area contributed by atoms with Crippen LogP contribution in [0.2, 0.25) is 0 Å². The highest BCUT2D eigenvalue weighted by Gasteiger charge is 2.19. The average molecular weight is 559 g/mol. The summed E-state index contributed by atoms with van der Waals surface area (Å²) in [6.07, 6.45) is 1.68. The third kappa shape index (κ3) is 10.7. The quantitative estimate of drug-likeness (QED) is 0.126. The van der Waals surface area contributed by atoms with Crippen molar-refractivity contribution >= 4 is 69.9 Å². The lowest BCUT2D eigenvalue weighted by atomic mass is 10.1. The molecule has 12 nitrogen and oxygen atoms in total. The van der Waals surface area contributed by atoms with E-state index < -0.39 is 12.2 Å². The molecule has 3 aromatic rings. The number of carbonyl (C=O) groups is 4. The van der Waals surface area contributed by atoms with Crippen molar-refractivity contribution in [1.82, 2.24) is 10.3 Å². The summed E-state index contributed by atoms with van der Waals surface area (Å²) in [6, 6.07) is 14.8. The SMILES string of the molecule is CSc1ccc(NC(=O)c2sc(NC(C)=O)nc2CCc2ccc(N=CNC(=O)O)cc2)cc1.NC(=O)O. The number of anilines is 2. The Morgan fingerprint density at radius 1 is 1.03 bits per heavy atom. The summed E-state index contributed by atoms with van der Waals surface area (Å²) in [4.78, 5) is 53.7. The number of primary amides is 1. The molecular weight excluding hydrogens is 532 g/mol. The number of thioether (sulfide) groups is 1. The van der Waals surface area contributed by atoms with Gasteiger partial charge in [-0.1, -0.05) is 23.5 Å². The molecule has 0 bridgehead atoms. The molecule has 0 atom stereocenters. The lowest BCUT2D eigenvalue weighted by Crippen LogP contribution is -2.17. The van der Waals surface area contributed by atoms with Gasteiger partial charge in [-0.05, 0) is 61.1 Å². The molecule has 14 heteroatoms. The van der Waals surface area contributed by atoms with E-state index >= 15 is 0 Å². The topological polar surface area (TPSA) is 196 Å². The van der Waals surface area contributed by atoms with Crippen LogP contribution < -0.4 is 21.7 Å². The van der Waals surface area contributed by atoms with E-state index in [1.54, 1.807) is 23.9 Å². The molecule has 0 spiro atoms. The fraction of sp³-hybridized carbons (Fsp3) is 0.167. The monoisotopic (exact) mass is 558 g/mol. The average Bonchev–Trinajstić information content (AvgIpc) is 3.25. The van der Waals surface area contributed by atoms with Crippen LogP contribution in [0.1, 0.15) is 27.9 Å². The minimum atomic E-state index is -1.33. The minimum Gasteiger partial charge on any atom is -0.465 e. The Kier molecular flexibility index (Phi) is 11.7. The minimum absolute atomic E-state index is 0.256. The number of nitrogens with one attached hydrogen (secondary N) is 3. The van der Waals surface area contributed by atoms with E-state index in [1.807, 2.05) is 42.7 Å². The number of aliphatic imine (C=N–C) groups is 1. The number of nitrogens with two attached hydrogens (primary N) is 1. The smallest absolute Gasteiger partial charge is 0.409 e. The molecule has 200 valence electrons. The van der Waals surface area contributed by atoms with E-state index in [2.05, 4.69) is 31.7 Å². The third-order valence-corrected chi connectivity index (χ3v) is 6.28. The first kappa shape index (κ1) is 29.8. The predicted octanol–water partition coefficient (Wildman–Crippen LogP) is 4.41. The predicted molar refractivity (Wildman–Crippen MR) is 148 cm³/mol. The first-order valence-corrected chi connectivity index (χ1v) is 12.9. The van der Waals surface area contributed by atoms with Crippen LogP contribution >= 0.6 is 23.1 Å². The highest BCUT2D eigenvalue weighted by Crippen LogP contribution is 2.26. The first-order chi connectivity index (χ1) is 18.1. The molecule has 0 saturated heterocycles. The summed E-state index contributed by atoms with van der Waals surface area (Å²) in [6.45, 7) is 1.39. The van der Waals surface area contributed by atoms with Crippen molar-refractivity contribution in [2.75, 3.05) is 16.9 Å². The van der Waals surface area contributed by atoms with Gasteiger partial charge < -0.3 is 26.6 Å². The Hall–Kier alpha value is -4.43. The first-order valence-electron chi connectivity index (χ1n) is 10.9. The molecule has 7 N–H and O–H groups in total. The Morgan fingerprint density at radius 2 is 1.66 bits per heavy atom. The highest BCUT2D eigenvalue weighted by molar-refractivity contribution is 7.98. The largest absolute Gasteiger partial charge is 0.465 e. The van der Waals surface area contributed by atoms with Crippen LogP contribution in [0.25, 0.3) is 0 Å². The van der Waals surface area contributed by atoms with Crippen molar-refractivity contribution in [3.05, 3.63) is 64.7 Å². The van der Waals surface area contributed by atoms with E-state index in [-0.39, 0.29) is 11.8 Å². The number of amides is 4. The van der Waals surface area contributed by atoms with Gasteiger partial charge in [0.25, 0.3) is 5.91 Å². The number of thiazole rings is 1. The normalized spacial score (nSPS) is 10.3. The molecule has 0 unspecified atom stereocenters. The third-order valence-electron chi connectivity index (χ3n) is 4.52. The summed E-state index contributed by atoms with van der Waals surface area (Å²) >= 11 is 2.76. The molecule has 1 heterocycles. The summed E-state index contributed by atoms with van der Waals surface area (Å²) in [5.41, 5.74) is 6.90. The Bertz CT molecular complexity index is 1290. The number of rotatable bonds is 9. The maximum absolute atomic E-state index is 13.0. The van der Waals surface area contributed by atoms with Crippen LogP contribution in [0.5, 0.6) is 0 Å². The van der Waals surface area contributed by atoms with Gasteiger partial charge in [-0.3, -0.25) is 14.9 Å². The molecule has 0 radical (unpaired) electrons. The second-order valence-corrected chi connectivity index (χ2v) is 9.25. The second-order valence-electron chi connectivity index (χ2n) is 7.37. The van der Waals surface area contributed by atoms with Gasteiger partial charge in [0.1, 0.15) is 4.88 Å². The molecule has 4 amide bonds. The number of aromatic nitrogens is 1. The molecule has 1 aromatic heterocycles. The number of carboxylic acid groups (broad SMARTS) is 2. The van der Waals surface area contributed by atoms with Gasteiger partial charge >= 0.3 is 12.2 Å². The molecule has 2 aromatic carbocycles. The zero-order chi connectivity index (χ0) is 28.1. The van der Waals surface area contributed by atoms with Crippen molar-refractivity contribution in [3.63, 3.8) is 0 Å². The maximum atomic E-state index is 13.0. The van der Waals surface area contributed by atoms with E-state index in [1.165, 1.54) is 6.92 Å². The molecule has 0 aliphatic heterocycles. The Morgan fingerprint density at radius 3 is 2.21 bits per heavy atom. The number of hydrogen-bond donors (Lipinski definition) is 6. The number of nitrogens with zero attached hydrogens (tertiary/aromatic N) is 2. The number of hydrogen-bond acceptors (Lipinski definition) is 8. The molecule has 3 rings (SSSR count). The number of aryl methyl sites for hydroxylation is 2. The number of benzene rings is 2. The van der Waals surface area contributed by atoms with Crippen molar-refractivity contribution in [1.29, 1.82) is 0 Å². The molecule has 0 aliphatic rings. The fourth-order valence-electron chi connectivity index (χ4n) is 2.94. The van der Waals surface area contributed by atoms with Gasteiger partial charge in [-0.15, -0.1) is 11.8 Å². The van der Waals surface area contributed by atoms with Gasteiger partial charge in [-0.2, -0.15) is 0 Å². The zero-order valence-corrected chi connectivity index (χ0v) is 22.1. The standard InChI is InChI=1S/C23H23N5O4S2.CH3NO2/c1-14(29)26-22-28-19(12-5-15-3-6-16(7-4-15)24-13-25-23(31)32)20(34-22)21(30)27-17-8-10-18(33-2)11-9-17;2-1(3)4/h3-4,6-11,13H,5,12H2,1-2H3,(H,24,25)(H,27,30)(H,31,32)(H,26,28,29);2H2,(H,3,4). The summed E-state index contributed by atoms with van der Waals surface area (Å²) in [5.74, 6) is -0.537. The van der Waals surface area contributed by atoms with Crippen molar-refractivity contribution in [3.8, 4) is 0 Å². The Labute approximate surface area is 226 Å². The van der Waals surface area contributed by atoms with Gasteiger partial charge in [0, 0.05) is 17.5 Å². The van der Waals surface area contributed by atoms with Gasteiger partial charge in [-0.25, -0.2) is 19.6 Å². The van der Waals surface area contributed by atoms with Crippen molar-refractivity contribution < 1.29 is 29.4 Å². The van der Waals surface area contributed by atoms with E-state index in [9.17, 15) is 14.4 Å². The second kappa shape index (κ2) is 15.0. The van der Waals surface area contributed by atoms with Crippen LogP contribution in [0, 0.1) is 0 Å². The van der Waals surface area contributed by atoms with E-state index in [4.69, 9.17) is 15.0 Å². The van der Waals surface area contributed by atoms with Crippen LogP contribution in [0.15, 0.2) is 58.4 Å². The van der Waals surface area contributed by atoms with Crippen molar-refractivity contribution in [2.45, 2.75) is 24.7 Å². The van der Waals surface area contributed by atoms with Crippen molar-refractivity contribution in [2.24, 2.45) is 10.7 Å². The van der Waals surface area contributed by atoms with Crippen LogP contribution in [-0.4, -0.2) is 51.8 Å². The molecule has 0 aliphatic carbocycles. The van der Waals surface area contributed by atoms with Gasteiger partial charge in [0.2, 0.25) is 5.91 Å². The zero-order valence-electron chi connectivity index (χ0n) is 20.4. The summed E-state index contributed by atoms with van der Waals surface area (Å²) < 4.78 is 0. The van der Waals surface area contributed by atoms with E-state index in [0.29, 0.717) is 39.9 Å². The number of carbonyl (C=O) groups excluding carboxylic acids is 2. The highest BCUT2D eigenvalue weighted by atomic mass is 32.2. The molecular formula is C24H26N6O6S2. The lowest BCUT2D eigenvalue weighted by molar-refractivity contribution is -0.114. The van der Waals surface area contributed by atoms with Crippen LogP contribution in [0.4, 0.5) is 26.1 Å². The van der Waals surface area contributed by atoms with Crippen LogP contribution in [-0.2, 0) is 17.6 Å². The maximum Gasteiger partial charge on any atom is 0.409 e. The Balaban J connectivity index is 0.00000118. The van der Waals surface area contributed by atoms with Gasteiger partial charge in [0.05, 0.1) is 17.7 Å². The van der Waals surface area contributed by atoms with Crippen LogP contribution in [0.3, 0.4) is 0 Å². The van der Waals surface area contributed by atoms with E-state index in [0.717, 1.165) is 28.1 Å². The lowest BCUT2D eigenvalue weighted by Gasteiger charge is -2.06. The van der Waals surface area contributed by atoms with Gasteiger partial charge in [0.15, 0.2) is 5.13 Å². The summed E-state index contributed by atoms with van der Waals surface area (Å²) in [7, 11) is 0. The molecule has 0 fully saturated rings. The fourth-order valence-corrected chi connectivity index (χ4v) is 4.30.